The predicted molar refractivity (Wildman–Crippen MR) is 77.4 cm³/mol. The lowest BCUT2D eigenvalue weighted by Gasteiger charge is -2.22. The number of aromatic nitrogens is 3. The second-order valence-corrected chi connectivity index (χ2v) is 5.29. The zero-order valence-electron chi connectivity index (χ0n) is 12.0. The van der Waals surface area contributed by atoms with Crippen LogP contribution in [0.25, 0.3) is 11.4 Å². The molecule has 0 unspecified atom stereocenters. The molecule has 112 valence electrons. The van der Waals surface area contributed by atoms with Crippen LogP contribution in [0.15, 0.2) is 24.7 Å². The first-order chi connectivity index (χ1) is 10.8. The van der Waals surface area contributed by atoms with Gasteiger partial charge in [0.05, 0.1) is 12.4 Å². The van der Waals surface area contributed by atoms with Crippen LogP contribution in [0.5, 0.6) is 5.88 Å². The Hall–Kier alpha value is -2.55. The molecule has 2 aromatic heterocycles. The molecule has 0 atom stereocenters. The van der Waals surface area contributed by atoms with E-state index in [0.717, 1.165) is 38.1 Å². The molecular formula is C16H15FN4O. The van der Waals surface area contributed by atoms with Crippen LogP contribution in [0, 0.1) is 17.1 Å². The molecule has 0 saturated heterocycles. The zero-order chi connectivity index (χ0) is 15.4. The third-order valence-corrected chi connectivity index (χ3v) is 3.68. The molecule has 0 aliphatic heterocycles. The topological polar surface area (TPSA) is 71.7 Å². The molecule has 1 aliphatic carbocycles. The average molecular weight is 298 g/mol. The van der Waals surface area contributed by atoms with Crippen molar-refractivity contribution in [3.63, 3.8) is 0 Å². The molecule has 6 heteroatoms. The molecule has 2 heterocycles. The summed E-state index contributed by atoms with van der Waals surface area (Å²) >= 11 is 0. The fourth-order valence-corrected chi connectivity index (χ4v) is 2.55. The summed E-state index contributed by atoms with van der Waals surface area (Å²) in [5.74, 6) is 0.171. The van der Waals surface area contributed by atoms with Crippen LogP contribution in [0.4, 0.5) is 4.39 Å². The number of halogens is 1. The molecule has 2 aromatic rings. The van der Waals surface area contributed by atoms with Gasteiger partial charge in [-0.15, -0.1) is 0 Å². The normalized spacial score (nSPS) is 15.3. The minimum absolute atomic E-state index is 0.126. The van der Waals surface area contributed by atoms with E-state index in [0.29, 0.717) is 22.8 Å². The van der Waals surface area contributed by atoms with E-state index in [1.807, 2.05) is 0 Å². The predicted octanol–water partition coefficient (Wildman–Crippen LogP) is 3.26. The summed E-state index contributed by atoms with van der Waals surface area (Å²) in [6.07, 6.45) is 9.36. The Kier molecular flexibility index (Phi) is 4.24. The van der Waals surface area contributed by atoms with E-state index in [2.05, 4.69) is 21.0 Å². The Balaban J connectivity index is 1.84. The molecule has 0 N–H and O–H groups in total. The number of pyridine rings is 1. The van der Waals surface area contributed by atoms with E-state index in [1.54, 1.807) is 12.3 Å². The lowest BCUT2D eigenvalue weighted by atomic mass is 9.98. The summed E-state index contributed by atoms with van der Waals surface area (Å²) in [7, 11) is 0. The maximum Gasteiger partial charge on any atom is 0.231 e. The van der Waals surface area contributed by atoms with Crippen LogP contribution in [-0.2, 0) is 0 Å². The Morgan fingerprint density at radius 1 is 1.09 bits per heavy atom. The molecular weight excluding hydrogens is 283 g/mol. The highest BCUT2D eigenvalue weighted by Crippen LogP contribution is 2.26. The average Bonchev–Trinajstić information content (AvgIpc) is 2.57. The highest BCUT2D eigenvalue weighted by atomic mass is 19.1. The first kappa shape index (κ1) is 14.4. The van der Waals surface area contributed by atoms with Crippen LogP contribution < -0.4 is 4.74 Å². The van der Waals surface area contributed by atoms with Crippen LogP contribution in [0.3, 0.4) is 0 Å². The van der Waals surface area contributed by atoms with Gasteiger partial charge in [-0.25, -0.2) is 19.3 Å². The van der Waals surface area contributed by atoms with Crippen molar-refractivity contribution in [2.75, 3.05) is 0 Å². The summed E-state index contributed by atoms with van der Waals surface area (Å²) in [6.45, 7) is 0. The van der Waals surface area contributed by atoms with Crippen molar-refractivity contribution in [3.05, 3.63) is 36.0 Å². The van der Waals surface area contributed by atoms with Crippen molar-refractivity contribution >= 4 is 0 Å². The van der Waals surface area contributed by atoms with E-state index in [1.165, 1.54) is 6.42 Å². The van der Waals surface area contributed by atoms with Crippen LogP contribution >= 0.6 is 0 Å². The summed E-state index contributed by atoms with van der Waals surface area (Å²) < 4.78 is 18.7. The highest BCUT2D eigenvalue weighted by Gasteiger charge is 2.18. The Labute approximate surface area is 127 Å². The van der Waals surface area contributed by atoms with E-state index in [9.17, 15) is 9.65 Å². The van der Waals surface area contributed by atoms with Gasteiger partial charge in [0.15, 0.2) is 11.6 Å². The molecule has 1 saturated carbocycles. The second kappa shape index (κ2) is 6.48. The molecule has 0 bridgehead atoms. The van der Waals surface area contributed by atoms with Crippen LogP contribution in [-0.4, -0.2) is 21.1 Å². The maximum atomic E-state index is 12.9. The number of rotatable bonds is 3. The molecule has 5 nitrogen and oxygen atoms in total. The SMILES string of the molecule is N#Cc1cc(-c2ncc(F)cn2)cnc1OC1CCCCC1. The van der Waals surface area contributed by atoms with Crippen LogP contribution in [0.1, 0.15) is 37.7 Å². The Morgan fingerprint density at radius 2 is 1.82 bits per heavy atom. The molecule has 0 radical (unpaired) electrons. The van der Waals surface area contributed by atoms with Gasteiger partial charge in [-0.05, 0) is 31.7 Å². The molecule has 0 aromatic carbocycles. The first-order valence-electron chi connectivity index (χ1n) is 7.31. The highest BCUT2D eigenvalue weighted by molar-refractivity contribution is 5.58. The van der Waals surface area contributed by atoms with Crippen LogP contribution in [0.2, 0.25) is 0 Å². The smallest absolute Gasteiger partial charge is 0.231 e. The van der Waals surface area contributed by atoms with Crippen molar-refractivity contribution in [1.29, 1.82) is 5.26 Å². The summed E-state index contributed by atoms with van der Waals surface area (Å²) in [6, 6.07) is 3.71. The second-order valence-electron chi connectivity index (χ2n) is 5.29. The van der Waals surface area contributed by atoms with Gasteiger partial charge in [0, 0.05) is 11.8 Å². The number of hydrogen-bond donors (Lipinski definition) is 0. The van der Waals surface area contributed by atoms with E-state index in [4.69, 9.17) is 4.74 Å². The summed E-state index contributed by atoms with van der Waals surface area (Å²) in [4.78, 5) is 12.0. The lowest BCUT2D eigenvalue weighted by Crippen LogP contribution is -2.20. The molecule has 0 spiro atoms. The van der Waals surface area contributed by atoms with Gasteiger partial charge in [-0.1, -0.05) is 6.42 Å². The Morgan fingerprint density at radius 3 is 2.50 bits per heavy atom. The van der Waals surface area contributed by atoms with Crippen molar-refractivity contribution in [3.8, 4) is 23.3 Å². The van der Waals surface area contributed by atoms with E-state index >= 15 is 0 Å². The third-order valence-electron chi connectivity index (χ3n) is 3.68. The number of nitrogens with zero attached hydrogens (tertiary/aromatic N) is 4. The van der Waals surface area contributed by atoms with Gasteiger partial charge < -0.3 is 4.74 Å². The molecule has 1 fully saturated rings. The molecule has 3 rings (SSSR count). The number of nitriles is 1. The number of ether oxygens (including phenoxy) is 1. The molecule has 22 heavy (non-hydrogen) atoms. The maximum absolute atomic E-state index is 12.9. The zero-order valence-corrected chi connectivity index (χ0v) is 12.0. The fraction of sp³-hybridized carbons (Fsp3) is 0.375. The van der Waals surface area contributed by atoms with Crippen molar-refractivity contribution in [1.82, 2.24) is 15.0 Å². The van der Waals surface area contributed by atoms with E-state index in [-0.39, 0.29) is 6.10 Å². The summed E-state index contributed by atoms with van der Waals surface area (Å²) in [5, 5.41) is 9.29. The van der Waals surface area contributed by atoms with Crippen molar-refractivity contribution in [2.24, 2.45) is 0 Å². The van der Waals surface area contributed by atoms with Crippen molar-refractivity contribution in [2.45, 2.75) is 38.2 Å². The minimum atomic E-state index is -0.505. The first-order valence-corrected chi connectivity index (χ1v) is 7.31. The van der Waals surface area contributed by atoms with Crippen molar-refractivity contribution < 1.29 is 9.13 Å². The van der Waals surface area contributed by atoms with Gasteiger partial charge in [-0.2, -0.15) is 5.26 Å². The lowest BCUT2D eigenvalue weighted by molar-refractivity contribution is 0.148. The third kappa shape index (κ3) is 3.19. The standard InChI is InChI=1S/C16H15FN4O/c17-13-9-19-15(20-10-13)12-6-11(7-18)16(21-8-12)22-14-4-2-1-3-5-14/h6,8-10,14H,1-5H2. The van der Waals surface area contributed by atoms with E-state index < -0.39 is 5.82 Å². The number of hydrogen-bond acceptors (Lipinski definition) is 5. The quantitative estimate of drug-likeness (QED) is 0.869. The van der Waals surface area contributed by atoms with Gasteiger partial charge in [-0.3, -0.25) is 0 Å². The monoisotopic (exact) mass is 298 g/mol. The minimum Gasteiger partial charge on any atom is -0.473 e. The Bertz CT molecular complexity index is 690. The molecule has 0 amide bonds. The van der Waals surface area contributed by atoms with Gasteiger partial charge in [0.1, 0.15) is 17.7 Å². The van der Waals surface area contributed by atoms with Gasteiger partial charge >= 0.3 is 0 Å². The molecule has 1 aliphatic rings. The van der Waals surface area contributed by atoms with Gasteiger partial charge in [0.25, 0.3) is 0 Å². The van der Waals surface area contributed by atoms with Gasteiger partial charge in [0.2, 0.25) is 5.88 Å². The summed E-state index contributed by atoms with van der Waals surface area (Å²) in [5.41, 5.74) is 0.906. The largest absolute Gasteiger partial charge is 0.473 e. The fourth-order valence-electron chi connectivity index (χ4n) is 2.55.